The van der Waals surface area contributed by atoms with E-state index in [1.54, 1.807) is 29.5 Å². The summed E-state index contributed by atoms with van der Waals surface area (Å²) in [5.74, 6) is -0.260. The van der Waals surface area contributed by atoms with Crippen LogP contribution < -0.4 is 10.6 Å². The molecule has 4 nitrogen and oxygen atoms in total. The molecule has 0 spiro atoms. The molecule has 3 aromatic carbocycles. The highest BCUT2D eigenvalue weighted by Crippen LogP contribution is 2.34. The molecule has 1 heterocycles. The van der Waals surface area contributed by atoms with Gasteiger partial charge in [-0.1, -0.05) is 46.3 Å². The Kier molecular flexibility index (Phi) is 5.71. The topological polar surface area (TPSA) is 54.0 Å². The van der Waals surface area contributed by atoms with E-state index >= 15 is 0 Å². The summed E-state index contributed by atoms with van der Waals surface area (Å²) < 4.78 is 1.99. The van der Waals surface area contributed by atoms with Crippen molar-refractivity contribution >= 4 is 66.4 Å². The Labute approximate surface area is 186 Å². The number of nitrogens with zero attached hydrogens (tertiary/aromatic N) is 1. The molecule has 1 aromatic heterocycles. The number of hydrogen-bond donors (Lipinski definition) is 2. The first kappa shape index (κ1) is 19.7. The van der Waals surface area contributed by atoms with Crippen molar-refractivity contribution in [2.45, 2.75) is 6.92 Å². The molecule has 0 aliphatic carbocycles. The third kappa shape index (κ3) is 4.37. The molecular weight excluding hydrogens is 466 g/mol. The molecule has 144 valence electrons. The quantitative estimate of drug-likeness (QED) is 0.344. The van der Waals surface area contributed by atoms with Crippen molar-refractivity contribution in [3.8, 4) is 10.6 Å². The van der Waals surface area contributed by atoms with Gasteiger partial charge in [-0.3, -0.25) is 10.1 Å². The van der Waals surface area contributed by atoms with Crippen LogP contribution >= 0.6 is 39.5 Å². The van der Waals surface area contributed by atoms with Gasteiger partial charge in [-0.05, 0) is 61.1 Å². The third-order valence-electron chi connectivity index (χ3n) is 4.42. The van der Waals surface area contributed by atoms with Gasteiger partial charge in [0.05, 0.1) is 10.2 Å². The highest BCUT2D eigenvalue weighted by atomic mass is 79.9. The summed E-state index contributed by atoms with van der Waals surface area (Å²) in [5, 5.41) is 7.07. The van der Waals surface area contributed by atoms with E-state index in [-0.39, 0.29) is 11.0 Å². The van der Waals surface area contributed by atoms with Crippen LogP contribution in [0.4, 0.5) is 5.69 Å². The average molecular weight is 482 g/mol. The first-order valence-electron chi connectivity index (χ1n) is 8.85. The summed E-state index contributed by atoms with van der Waals surface area (Å²) in [6.07, 6.45) is 0. The highest BCUT2D eigenvalue weighted by Gasteiger charge is 2.13. The second-order valence-electron chi connectivity index (χ2n) is 6.38. The Morgan fingerprint density at radius 3 is 2.66 bits per heavy atom. The fourth-order valence-corrected chi connectivity index (χ4v) is 4.60. The molecule has 0 saturated heterocycles. The molecule has 4 aromatic rings. The second kappa shape index (κ2) is 8.41. The molecule has 0 aliphatic heterocycles. The van der Waals surface area contributed by atoms with Crippen LogP contribution in [0.3, 0.4) is 0 Å². The van der Waals surface area contributed by atoms with E-state index in [2.05, 4.69) is 32.6 Å². The molecule has 2 N–H and O–H groups in total. The highest BCUT2D eigenvalue weighted by molar-refractivity contribution is 9.10. The summed E-state index contributed by atoms with van der Waals surface area (Å²) in [4.78, 5) is 17.1. The Balaban J connectivity index is 1.54. The summed E-state index contributed by atoms with van der Waals surface area (Å²) in [7, 11) is 0. The summed E-state index contributed by atoms with van der Waals surface area (Å²) in [6, 6.07) is 21.2. The molecule has 0 aliphatic rings. The lowest BCUT2D eigenvalue weighted by Crippen LogP contribution is -2.34. The number of carbonyl (C=O) groups is 1. The van der Waals surface area contributed by atoms with E-state index in [0.717, 1.165) is 36.5 Å². The summed E-state index contributed by atoms with van der Waals surface area (Å²) in [6.45, 7) is 2.02. The minimum atomic E-state index is -0.260. The number of hydrogen-bond acceptors (Lipinski definition) is 4. The van der Waals surface area contributed by atoms with E-state index in [1.165, 1.54) is 0 Å². The Bertz CT molecular complexity index is 1200. The molecule has 7 heteroatoms. The minimum Gasteiger partial charge on any atom is -0.332 e. The maximum absolute atomic E-state index is 12.4. The minimum absolute atomic E-state index is 0.250. The predicted molar refractivity (Wildman–Crippen MR) is 128 cm³/mol. The Morgan fingerprint density at radius 1 is 1.07 bits per heavy atom. The number of amides is 1. The number of halogens is 1. The SMILES string of the molecule is Cc1c(NC(=S)NC(=O)c2cccc(Br)c2)cccc1-c1nc2ccccc2s1. The van der Waals surface area contributed by atoms with Crippen molar-refractivity contribution in [1.82, 2.24) is 10.3 Å². The van der Waals surface area contributed by atoms with Gasteiger partial charge >= 0.3 is 0 Å². The average Bonchev–Trinajstić information content (AvgIpc) is 3.13. The van der Waals surface area contributed by atoms with Gasteiger partial charge in [0.2, 0.25) is 0 Å². The number of benzene rings is 3. The zero-order chi connectivity index (χ0) is 20.4. The lowest BCUT2D eigenvalue weighted by Gasteiger charge is -2.14. The molecule has 4 rings (SSSR count). The number of thiocarbonyl (C=S) groups is 1. The van der Waals surface area contributed by atoms with Crippen molar-refractivity contribution in [2.24, 2.45) is 0 Å². The monoisotopic (exact) mass is 481 g/mol. The van der Waals surface area contributed by atoms with E-state index in [9.17, 15) is 4.79 Å². The van der Waals surface area contributed by atoms with Gasteiger partial charge < -0.3 is 5.32 Å². The van der Waals surface area contributed by atoms with Crippen LogP contribution in [-0.2, 0) is 0 Å². The molecule has 0 unspecified atom stereocenters. The van der Waals surface area contributed by atoms with Gasteiger partial charge in [0.15, 0.2) is 5.11 Å². The molecule has 0 bridgehead atoms. The van der Waals surface area contributed by atoms with E-state index in [4.69, 9.17) is 17.2 Å². The summed E-state index contributed by atoms with van der Waals surface area (Å²) >= 11 is 10.4. The van der Waals surface area contributed by atoms with E-state index < -0.39 is 0 Å². The molecule has 0 radical (unpaired) electrons. The van der Waals surface area contributed by atoms with E-state index in [0.29, 0.717) is 5.56 Å². The van der Waals surface area contributed by atoms with Crippen LogP contribution in [0.5, 0.6) is 0 Å². The largest absolute Gasteiger partial charge is 0.332 e. The predicted octanol–water partition coefficient (Wildman–Crippen LogP) is 6.16. The lowest BCUT2D eigenvalue weighted by molar-refractivity contribution is 0.0977. The maximum atomic E-state index is 12.4. The third-order valence-corrected chi connectivity index (χ3v) is 6.19. The van der Waals surface area contributed by atoms with Crippen molar-refractivity contribution in [2.75, 3.05) is 5.32 Å². The number of fused-ring (bicyclic) bond motifs is 1. The molecular formula is C22H16BrN3OS2. The normalized spacial score (nSPS) is 10.7. The zero-order valence-corrected chi connectivity index (χ0v) is 18.6. The van der Waals surface area contributed by atoms with Gasteiger partial charge in [-0.15, -0.1) is 11.3 Å². The molecule has 0 saturated carbocycles. The van der Waals surface area contributed by atoms with Crippen LogP contribution in [0.1, 0.15) is 15.9 Å². The van der Waals surface area contributed by atoms with E-state index in [1.807, 2.05) is 49.4 Å². The zero-order valence-electron chi connectivity index (χ0n) is 15.4. The van der Waals surface area contributed by atoms with Crippen molar-refractivity contribution in [3.63, 3.8) is 0 Å². The van der Waals surface area contributed by atoms with Crippen molar-refractivity contribution in [3.05, 3.63) is 82.3 Å². The number of para-hydroxylation sites is 1. The van der Waals surface area contributed by atoms with Gasteiger partial charge in [0.25, 0.3) is 5.91 Å². The maximum Gasteiger partial charge on any atom is 0.257 e. The smallest absolute Gasteiger partial charge is 0.257 e. The standard InChI is InChI=1S/C22H16BrN3OS2/c1-13-16(21-24-18-9-2-3-11-19(18)29-21)8-5-10-17(13)25-22(28)26-20(27)14-6-4-7-15(23)12-14/h2-12H,1H3,(H2,25,26,27,28). The molecule has 0 atom stereocenters. The van der Waals surface area contributed by atoms with Crippen LogP contribution in [0, 0.1) is 6.92 Å². The number of thiazole rings is 1. The number of carbonyl (C=O) groups excluding carboxylic acids is 1. The Hall–Kier alpha value is -2.61. The second-order valence-corrected chi connectivity index (χ2v) is 8.74. The van der Waals surface area contributed by atoms with Gasteiger partial charge in [-0.25, -0.2) is 4.98 Å². The lowest BCUT2D eigenvalue weighted by atomic mass is 10.1. The van der Waals surface area contributed by atoms with Crippen molar-refractivity contribution < 1.29 is 4.79 Å². The first-order valence-corrected chi connectivity index (χ1v) is 10.9. The Morgan fingerprint density at radius 2 is 1.86 bits per heavy atom. The van der Waals surface area contributed by atoms with Gasteiger partial charge in [-0.2, -0.15) is 0 Å². The van der Waals surface area contributed by atoms with Crippen LogP contribution in [-0.4, -0.2) is 16.0 Å². The molecule has 1 amide bonds. The molecule has 29 heavy (non-hydrogen) atoms. The van der Waals surface area contributed by atoms with Crippen molar-refractivity contribution in [1.29, 1.82) is 0 Å². The van der Waals surface area contributed by atoms with Gasteiger partial charge in [0, 0.05) is 21.3 Å². The summed E-state index contributed by atoms with van der Waals surface area (Å²) in [5.41, 5.74) is 4.41. The van der Waals surface area contributed by atoms with Gasteiger partial charge in [0.1, 0.15) is 5.01 Å². The molecule has 0 fully saturated rings. The first-order chi connectivity index (χ1) is 14.0. The number of anilines is 1. The van der Waals surface area contributed by atoms with Crippen LogP contribution in [0.2, 0.25) is 0 Å². The van der Waals surface area contributed by atoms with Crippen LogP contribution in [0.25, 0.3) is 20.8 Å². The fourth-order valence-electron chi connectivity index (χ4n) is 2.95. The number of aromatic nitrogens is 1. The van der Waals surface area contributed by atoms with Crippen LogP contribution in [0.15, 0.2) is 71.2 Å². The number of rotatable bonds is 3. The number of nitrogens with one attached hydrogen (secondary N) is 2. The fraction of sp³-hybridized carbons (Fsp3) is 0.0455.